The number of aryl methyl sites for hydroxylation is 2. The van der Waals surface area contributed by atoms with Gasteiger partial charge in [0.2, 0.25) is 0 Å². The Labute approximate surface area is 203 Å². The maximum Gasteiger partial charge on any atom is 0.259 e. The highest BCUT2D eigenvalue weighted by atomic mass is 35.5. The van der Waals surface area contributed by atoms with Crippen molar-refractivity contribution in [2.24, 2.45) is 0 Å². The van der Waals surface area contributed by atoms with Crippen molar-refractivity contribution in [1.82, 2.24) is 19.8 Å². The first-order valence-electron chi connectivity index (χ1n) is 11.3. The summed E-state index contributed by atoms with van der Waals surface area (Å²) in [5, 5.41) is 11.9. The Hall–Kier alpha value is -1.81. The van der Waals surface area contributed by atoms with E-state index in [0.29, 0.717) is 29.3 Å². The number of benzene rings is 1. The molecule has 3 heterocycles. The zero-order chi connectivity index (χ0) is 23.5. The van der Waals surface area contributed by atoms with Crippen molar-refractivity contribution in [2.45, 2.75) is 39.5 Å². The van der Waals surface area contributed by atoms with Crippen LogP contribution in [0.5, 0.6) is 0 Å². The highest BCUT2D eigenvalue weighted by Crippen LogP contribution is 2.26. The number of thiophene rings is 1. The van der Waals surface area contributed by atoms with E-state index in [-0.39, 0.29) is 18.3 Å². The number of aliphatic hydroxyl groups is 1. The van der Waals surface area contributed by atoms with Crippen molar-refractivity contribution in [3.63, 3.8) is 0 Å². The average molecular weight is 491 g/mol. The van der Waals surface area contributed by atoms with Crippen LogP contribution in [-0.4, -0.2) is 70.3 Å². The van der Waals surface area contributed by atoms with Crippen molar-refractivity contribution < 1.29 is 9.84 Å². The summed E-state index contributed by atoms with van der Waals surface area (Å²) >= 11 is 7.51. The number of hydrogen-bond acceptors (Lipinski definition) is 7. The topological polar surface area (TPSA) is 81.7 Å². The molecule has 2 aromatic heterocycles. The van der Waals surface area contributed by atoms with Crippen LogP contribution >= 0.6 is 22.9 Å². The van der Waals surface area contributed by atoms with Crippen LogP contribution in [0.3, 0.4) is 0 Å². The first-order chi connectivity index (χ1) is 15.8. The zero-order valence-electron chi connectivity index (χ0n) is 19.3. The van der Waals surface area contributed by atoms with E-state index in [9.17, 15) is 9.90 Å². The average Bonchev–Trinajstić information content (AvgIpc) is 3.07. The van der Waals surface area contributed by atoms with Gasteiger partial charge >= 0.3 is 0 Å². The summed E-state index contributed by atoms with van der Waals surface area (Å²) in [5.41, 5.74) is 2.01. The first-order valence-corrected chi connectivity index (χ1v) is 12.5. The Bertz CT molecular complexity index is 1140. The number of hydrogen-bond donors (Lipinski definition) is 2. The molecule has 0 bridgehead atoms. The highest BCUT2D eigenvalue weighted by Gasteiger charge is 2.21. The van der Waals surface area contributed by atoms with Crippen molar-refractivity contribution in [3.8, 4) is 0 Å². The Kier molecular flexibility index (Phi) is 7.83. The molecule has 2 N–H and O–H groups in total. The monoisotopic (exact) mass is 490 g/mol. The van der Waals surface area contributed by atoms with Gasteiger partial charge in [0.15, 0.2) is 0 Å². The van der Waals surface area contributed by atoms with E-state index in [2.05, 4.69) is 14.8 Å². The van der Waals surface area contributed by atoms with E-state index < -0.39 is 6.10 Å². The number of ether oxygens (including phenoxy) is 1. The molecule has 3 aromatic rings. The van der Waals surface area contributed by atoms with Crippen LogP contribution in [0.1, 0.15) is 34.9 Å². The molecule has 1 aliphatic rings. The molecule has 1 fully saturated rings. The summed E-state index contributed by atoms with van der Waals surface area (Å²) < 4.78 is 5.86. The third-order valence-corrected chi connectivity index (χ3v) is 7.63. The van der Waals surface area contributed by atoms with Gasteiger partial charge in [-0.1, -0.05) is 23.7 Å². The molecule has 33 heavy (non-hydrogen) atoms. The SMILES string of the molecule is Cc1sc2nc(CN3CCN(C[C@@H](O)CO[C@@H](C)c4ccc(Cl)cc4)CC3)[nH]c(=O)c2c1C. The van der Waals surface area contributed by atoms with Crippen LogP contribution in [0.2, 0.25) is 5.02 Å². The summed E-state index contributed by atoms with van der Waals surface area (Å²) in [6.45, 7) is 10.9. The molecule has 0 aliphatic carbocycles. The Morgan fingerprint density at radius 1 is 1.18 bits per heavy atom. The number of aliphatic hydroxyl groups excluding tert-OH is 1. The predicted octanol–water partition coefficient (Wildman–Crippen LogP) is 3.51. The second-order valence-electron chi connectivity index (χ2n) is 8.73. The van der Waals surface area contributed by atoms with Crippen molar-refractivity contribution in [2.75, 3.05) is 39.3 Å². The van der Waals surface area contributed by atoms with Crippen LogP contribution in [0.4, 0.5) is 0 Å². The molecule has 0 unspecified atom stereocenters. The van der Waals surface area contributed by atoms with Gasteiger partial charge in [-0.05, 0) is 44.0 Å². The summed E-state index contributed by atoms with van der Waals surface area (Å²) in [5.74, 6) is 0.715. The number of nitrogens with one attached hydrogen (secondary N) is 1. The second kappa shape index (κ2) is 10.6. The van der Waals surface area contributed by atoms with Crippen molar-refractivity contribution in [1.29, 1.82) is 0 Å². The quantitative estimate of drug-likeness (QED) is 0.503. The van der Waals surface area contributed by atoms with Gasteiger partial charge in [-0.2, -0.15) is 0 Å². The standard InChI is InChI=1S/C24H31ClN4O3S/c1-15-17(3)33-24-22(15)23(31)26-21(27-24)13-29-10-8-28(9-11-29)12-20(30)14-32-16(2)18-4-6-19(25)7-5-18/h4-7,16,20,30H,8-14H2,1-3H3,(H,26,27,31)/t16-,20+/m0/s1. The molecule has 1 aliphatic heterocycles. The lowest BCUT2D eigenvalue weighted by atomic mass is 10.1. The van der Waals surface area contributed by atoms with E-state index in [4.69, 9.17) is 21.3 Å². The van der Waals surface area contributed by atoms with Gasteiger partial charge in [0, 0.05) is 42.6 Å². The number of aromatic nitrogens is 2. The van der Waals surface area contributed by atoms with Crippen LogP contribution in [0.25, 0.3) is 10.2 Å². The maximum atomic E-state index is 12.5. The van der Waals surface area contributed by atoms with E-state index in [1.165, 1.54) is 0 Å². The van der Waals surface area contributed by atoms with Crippen LogP contribution in [0.15, 0.2) is 29.1 Å². The lowest BCUT2D eigenvalue weighted by molar-refractivity contribution is -0.0214. The third kappa shape index (κ3) is 6.01. The minimum absolute atomic E-state index is 0.0496. The lowest BCUT2D eigenvalue weighted by Crippen LogP contribution is -2.48. The predicted molar refractivity (Wildman–Crippen MR) is 133 cm³/mol. The molecule has 0 spiro atoms. The number of halogens is 1. The number of rotatable bonds is 8. The van der Waals surface area contributed by atoms with Gasteiger partial charge in [0.05, 0.1) is 30.7 Å². The third-order valence-electron chi connectivity index (χ3n) is 6.27. The van der Waals surface area contributed by atoms with E-state index in [1.807, 2.05) is 45.0 Å². The molecular weight excluding hydrogens is 460 g/mol. The second-order valence-corrected chi connectivity index (χ2v) is 10.4. The lowest BCUT2D eigenvalue weighted by Gasteiger charge is -2.35. The minimum Gasteiger partial charge on any atom is -0.389 e. The minimum atomic E-state index is -0.544. The van der Waals surface area contributed by atoms with Gasteiger partial charge in [0.1, 0.15) is 10.7 Å². The molecule has 178 valence electrons. The smallest absolute Gasteiger partial charge is 0.259 e. The number of β-amino-alcohol motifs (C(OH)–C–C–N with tert-alkyl or cyclic N) is 1. The summed E-state index contributed by atoms with van der Waals surface area (Å²) in [4.78, 5) is 26.7. The molecule has 0 radical (unpaired) electrons. The van der Waals surface area contributed by atoms with Gasteiger partial charge in [-0.25, -0.2) is 4.98 Å². The van der Waals surface area contributed by atoms with Crippen LogP contribution in [-0.2, 0) is 11.3 Å². The number of nitrogens with zero attached hydrogens (tertiary/aromatic N) is 3. The van der Waals surface area contributed by atoms with Crippen molar-refractivity contribution >= 4 is 33.2 Å². The highest BCUT2D eigenvalue weighted by molar-refractivity contribution is 7.18. The van der Waals surface area contributed by atoms with Crippen molar-refractivity contribution in [3.05, 3.63) is 61.5 Å². The number of H-pyrrole nitrogens is 1. The Morgan fingerprint density at radius 3 is 2.55 bits per heavy atom. The van der Waals surface area contributed by atoms with Crippen LogP contribution < -0.4 is 5.56 Å². The fourth-order valence-corrected chi connectivity index (χ4v) is 5.33. The molecule has 1 aromatic carbocycles. The molecule has 1 saturated heterocycles. The molecule has 0 saturated carbocycles. The first kappa shape index (κ1) is 24.3. The van der Waals surface area contributed by atoms with Gasteiger partial charge in [-0.3, -0.25) is 14.6 Å². The van der Waals surface area contributed by atoms with E-state index in [0.717, 1.165) is 47.0 Å². The molecular formula is C24H31ClN4O3S. The molecule has 9 heteroatoms. The Morgan fingerprint density at radius 2 is 1.85 bits per heavy atom. The summed E-state index contributed by atoms with van der Waals surface area (Å²) in [6, 6.07) is 7.58. The fourth-order valence-electron chi connectivity index (χ4n) is 4.15. The zero-order valence-corrected chi connectivity index (χ0v) is 20.9. The van der Waals surface area contributed by atoms with Crippen LogP contribution in [0, 0.1) is 13.8 Å². The Balaban J connectivity index is 1.23. The summed E-state index contributed by atoms with van der Waals surface area (Å²) in [6.07, 6.45) is -0.645. The van der Waals surface area contributed by atoms with E-state index >= 15 is 0 Å². The molecule has 4 rings (SSSR count). The molecule has 2 atom stereocenters. The van der Waals surface area contributed by atoms with E-state index in [1.54, 1.807) is 11.3 Å². The van der Waals surface area contributed by atoms with Gasteiger partial charge < -0.3 is 14.8 Å². The largest absolute Gasteiger partial charge is 0.389 e. The number of fused-ring (bicyclic) bond motifs is 1. The van der Waals surface area contributed by atoms with Gasteiger partial charge in [-0.15, -0.1) is 11.3 Å². The molecule has 0 amide bonds. The fraction of sp³-hybridized carbons (Fsp3) is 0.500. The maximum absolute atomic E-state index is 12.5. The summed E-state index contributed by atoms with van der Waals surface area (Å²) in [7, 11) is 0. The normalized spacial score (nSPS) is 17.5. The number of aromatic amines is 1. The van der Waals surface area contributed by atoms with Gasteiger partial charge in [0.25, 0.3) is 5.56 Å². The molecule has 7 nitrogen and oxygen atoms in total. The number of piperazine rings is 1.